The second-order valence-electron chi connectivity index (χ2n) is 9.94. The van der Waals surface area contributed by atoms with E-state index in [1.54, 1.807) is 6.08 Å². The molecule has 0 unspecified atom stereocenters. The zero-order chi connectivity index (χ0) is 32.0. The summed E-state index contributed by atoms with van der Waals surface area (Å²) in [6.45, 7) is 16.9. The van der Waals surface area contributed by atoms with Crippen molar-refractivity contribution in [3.8, 4) is 24.0 Å². The van der Waals surface area contributed by atoms with Crippen molar-refractivity contribution in [1.82, 2.24) is 10.2 Å². The molecule has 1 aliphatic heterocycles. The number of aryl methyl sites for hydroxylation is 1. The summed E-state index contributed by atoms with van der Waals surface area (Å²) in [5.74, 6) is 1.33. The third kappa shape index (κ3) is 12.9. The Morgan fingerprint density at radius 2 is 1.76 bits per heavy atom. The molecule has 0 saturated carbocycles. The standard InChI is InChI=1S/C29H38N6O3.2C2H6/c1-5-28(2,3)38-22-35(4)18-24-16-26(10-9-23(24)8-6-14-36)37-15-7-12-33-27-17-25(11-13-34-27)29(19-30,20-31)21-32;2*1-2/h9-10,14,16-17H,5-8,11-13,15,18,22H2,1-4H3,(H,33,34);2*1-2H3. The summed E-state index contributed by atoms with van der Waals surface area (Å²) in [6, 6.07) is 11.5. The third-order valence-electron chi connectivity index (χ3n) is 6.53. The average molecular weight is 579 g/mol. The molecule has 0 amide bonds. The van der Waals surface area contributed by atoms with Crippen LogP contribution < -0.4 is 10.1 Å². The van der Waals surface area contributed by atoms with Crippen LogP contribution in [0.25, 0.3) is 0 Å². The molecule has 0 radical (unpaired) electrons. The van der Waals surface area contributed by atoms with Gasteiger partial charge in [0.15, 0.2) is 0 Å². The highest BCUT2D eigenvalue weighted by atomic mass is 16.5. The number of rotatable bonds is 15. The molecule has 0 saturated heterocycles. The maximum Gasteiger partial charge on any atom is 0.250 e. The van der Waals surface area contributed by atoms with Crippen molar-refractivity contribution >= 4 is 12.1 Å². The van der Waals surface area contributed by atoms with Gasteiger partial charge in [0, 0.05) is 26.1 Å². The monoisotopic (exact) mass is 578 g/mol. The molecule has 230 valence electrons. The Morgan fingerprint density at radius 1 is 1.10 bits per heavy atom. The summed E-state index contributed by atoms with van der Waals surface area (Å²) in [4.78, 5) is 17.4. The Kier molecular flexibility index (Phi) is 19.2. The highest BCUT2D eigenvalue weighted by Crippen LogP contribution is 2.29. The largest absolute Gasteiger partial charge is 0.494 e. The van der Waals surface area contributed by atoms with Crippen LogP contribution in [0.2, 0.25) is 0 Å². The van der Waals surface area contributed by atoms with Crippen molar-refractivity contribution in [3.05, 3.63) is 41.0 Å². The molecule has 0 aliphatic carbocycles. The van der Waals surface area contributed by atoms with Crippen LogP contribution in [-0.4, -0.2) is 56.1 Å². The first kappa shape index (κ1) is 38.3. The van der Waals surface area contributed by atoms with E-state index < -0.39 is 5.41 Å². The number of dihydropyridines is 1. The Bertz CT molecular complexity index is 1100. The van der Waals surface area contributed by atoms with Crippen LogP contribution in [0.4, 0.5) is 0 Å². The van der Waals surface area contributed by atoms with Gasteiger partial charge in [-0.05, 0) is 81.5 Å². The van der Waals surface area contributed by atoms with E-state index in [1.807, 2.05) is 71.1 Å². The number of carbonyl (C=O) groups excluding carboxylic acids is 1. The van der Waals surface area contributed by atoms with Gasteiger partial charge in [-0.3, -0.25) is 9.89 Å². The number of benzene rings is 1. The van der Waals surface area contributed by atoms with Crippen LogP contribution in [-0.2, 0) is 22.5 Å². The summed E-state index contributed by atoms with van der Waals surface area (Å²) in [5, 5.41) is 31.2. The van der Waals surface area contributed by atoms with E-state index >= 15 is 0 Å². The van der Waals surface area contributed by atoms with Crippen molar-refractivity contribution in [2.24, 2.45) is 10.4 Å². The minimum atomic E-state index is -1.77. The van der Waals surface area contributed by atoms with Crippen molar-refractivity contribution in [2.75, 3.05) is 33.5 Å². The lowest BCUT2D eigenvalue weighted by Gasteiger charge is -2.27. The normalized spacial score (nSPS) is 12.5. The van der Waals surface area contributed by atoms with Crippen LogP contribution in [0, 0.1) is 39.4 Å². The van der Waals surface area contributed by atoms with Crippen molar-refractivity contribution in [3.63, 3.8) is 0 Å². The molecule has 0 atom stereocenters. The molecule has 1 aromatic rings. The third-order valence-corrected chi connectivity index (χ3v) is 6.53. The molecule has 0 aromatic heterocycles. The number of nitrogens with zero attached hydrogens (tertiary/aromatic N) is 5. The number of aldehydes is 1. The maximum atomic E-state index is 10.9. The SMILES string of the molecule is CC.CC.CCC(C)(C)OCN(C)Cc1cc(OCCCNC2=NCCC(C(C#N)(C#N)C#N)=C2)ccc1CCC=O. The smallest absolute Gasteiger partial charge is 0.250 e. The second-order valence-corrected chi connectivity index (χ2v) is 9.94. The van der Waals surface area contributed by atoms with Gasteiger partial charge in [-0.1, -0.05) is 40.7 Å². The van der Waals surface area contributed by atoms with Crippen LogP contribution in [0.1, 0.15) is 85.3 Å². The van der Waals surface area contributed by atoms with Crippen LogP contribution in [0.5, 0.6) is 5.75 Å². The quantitative estimate of drug-likeness (QED) is 0.150. The summed E-state index contributed by atoms with van der Waals surface area (Å²) in [6.07, 6.45) is 5.76. The van der Waals surface area contributed by atoms with Crippen LogP contribution in [0.3, 0.4) is 0 Å². The topological polar surface area (TPSA) is 135 Å². The fourth-order valence-corrected chi connectivity index (χ4v) is 3.77. The summed E-state index contributed by atoms with van der Waals surface area (Å²) in [5.41, 5.74) is 0.739. The fraction of sp³-hybridized carbons (Fsp3) is 0.606. The van der Waals surface area contributed by atoms with Crippen molar-refractivity contribution in [1.29, 1.82) is 15.8 Å². The minimum absolute atomic E-state index is 0.182. The van der Waals surface area contributed by atoms with Crippen molar-refractivity contribution in [2.45, 2.75) is 92.7 Å². The first-order chi connectivity index (χ1) is 20.2. The first-order valence-corrected chi connectivity index (χ1v) is 15.0. The molecule has 0 spiro atoms. The van der Waals surface area contributed by atoms with Gasteiger partial charge in [0.1, 0.15) is 36.1 Å². The summed E-state index contributed by atoms with van der Waals surface area (Å²) >= 11 is 0. The lowest BCUT2D eigenvalue weighted by Crippen LogP contribution is -2.31. The molecular weight excluding hydrogens is 528 g/mol. The van der Waals surface area contributed by atoms with E-state index in [2.05, 4.69) is 36.0 Å². The van der Waals surface area contributed by atoms with Gasteiger partial charge in [0.05, 0.1) is 18.9 Å². The zero-order valence-corrected chi connectivity index (χ0v) is 26.9. The molecule has 2 rings (SSSR count). The van der Waals surface area contributed by atoms with E-state index in [0.29, 0.717) is 70.1 Å². The second kappa shape index (κ2) is 21.1. The number of carbonyl (C=O) groups is 1. The van der Waals surface area contributed by atoms with Crippen LogP contribution >= 0.6 is 0 Å². The zero-order valence-electron chi connectivity index (χ0n) is 26.9. The number of nitrogens with one attached hydrogen (secondary N) is 1. The number of amidine groups is 1. The van der Waals surface area contributed by atoms with E-state index in [1.165, 1.54) is 0 Å². The Hall–Kier alpha value is -3.71. The molecule has 1 aromatic carbocycles. The molecule has 0 bridgehead atoms. The average Bonchev–Trinajstić information content (AvgIpc) is 3.03. The minimum Gasteiger partial charge on any atom is -0.494 e. The lowest BCUT2D eigenvalue weighted by atomic mass is 9.81. The predicted octanol–water partition coefficient (Wildman–Crippen LogP) is 6.11. The van der Waals surface area contributed by atoms with Gasteiger partial charge in [-0.2, -0.15) is 15.8 Å². The van der Waals surface area contributed by atoms with Gasteiger partial charge >= 0.3 is 0 Å². The van der Waals surface area contributed by atoms with Gasteiger partial charge in [-0.15, -0.1) is 0 Å². The van der Waals surface area contributed by atoms with E-state index in [-0.39, 0.29) is 5.60 Å². The number of aliphatic imine (C=N–C) groups is 1. The number of nitriles is 3. The molecule has 1 N–H and O–H groups in total. The highest BCUT2D eigenvalue weighted by molar-refractivity contribution is 5.94. The number of ether oxygens (including phenoxy) is 2. The lowest BCUT2D eigenvalue weighted by molar-refractivity contribution is -0.107. The maximum absolute atomic E-state index is 10.9. The molecular formula is C33H50N6O3. The molecule has 42 heavy (non-hydrogen) atoms. The predicted molar refractivity (Wildman–Crippen MR) is 168 cm³/mol. The highest BCUT2D eigenvalue weighted by Gasteiger charge is 2.35. The van der Waals surface area contributed by atoms with E-state index in [4.69, 9.17) is 9.47 Å². The molecule has 9 heteroatoms. The number of hydrogen-bond acceptors (Lipinski definition) is 9. The molecule has 0 fully saturated rings. The summed E-state index contributed by atoms with van der Waals surface area (Å²) in [7, 11) is 2.01. The Labute approximate surface area is 253 Å². The molecule has 9 nitrogen and oxygen atoms in total. The molecule has 1 aliphatic rings. The summed E-state index contributed by atoms with van der Waals surface area (Å²) < 4.78 is 12.0. The first-order valence-electron chi connectivity index (χ1n) is 15.0. The van der Waals surface area contributed by atoms with Gasteiger partial charge < -0.3 is 19.6 Å². The van der Waals surface area contributed by atoms with Crippen molar-refractivity contribution < 1.29 is 14.3 Å². The number of hydrogen-bond donors (Lipinski definition) is 1. The van der Waals surface area contributed by atoms with Gasteiger partial charge in [-0.25, -0.2) is 0 Å². The van der Waals surface area contributed by atoms with E-state index in [0.717, 1.165) is 29.6 Å². The van der Waals surface area contributed by atoms with Gasteiger partial charge in [0.25, 0.3) is 0 Å². The molecule has 1 heterocycles. The van der Waals surface area contributed by atoms with E-state index in [9.17, 15) is 20.6 Å². The van der Waals surface area contributed by atoms with Crippen LogP contribution in [0.15, 0.2) is 34.8 Å². The Morgan fingerprint density at radius 3 is 2.36 bits per heavy atom. The fourth-order valence-electron chi connectivity index (χ4n) is 3.77. The van der Waals surface area contributed by atoms with Gasteiger partial charge in [0.2, 0.25) is 5.41 Å². The Balaban J connectivity index is 0.00000402.